The van der Waals surface area contributed by atoms with Crippen LogP contribution in [0.3, 0.4) is 0 Å². The number of carbonyl (C=O) groups excluding carboxylic acids is 1. The van der Waals surface area contributed by atoms with Crippen LogP contribution in [0.4, 0.5) is 5.69 Å². The lowest BCUT2D eigenvalue weighted by Gasteiger charge is -2.14. The number of aromatic nitrogens is 3. The van der Waals surface area contributed by atoms with Crippen LogP contribution in [0.5, 0.6) is 0 Å². The Kier molecular flexibility index (Phi) is 4.98. The fourth-order valence-electron chi connectivity index (χ4n) is 3.39. The lowest BCUT2D eigenvalue weighted by Crippen LogP contribution is -2.33. The Hall–Kier alpha value is -3.33. The third-order valence-corrected chi connectivity index (χ3v) is 4.91. The second-order valence-electron chi connectivity index (χ2n) is 6.77. The molecule has 0 atom stereocenters. The van der Waals surface area contributed by atoms with E-state index < -0.39 is 4.92 Å². The van der Waals surface area contributed by atoms with E-state index in [1.807, 2.05) is 6.07 Å². The second kappa shape index (κ2) is 7.73. The number of nitrogens with zero attached hydrogens (tertiary/aromatic N) is 5. The van der Waals surface area contributed by atoms with Gasteiger partial charge in [-0.3, -0.25) is 14.9 Å². The Morgan fingerprint density at radius 2 is 2.00 bits per heavy atom. The molecule has 1 saturated heterocycles. The first-order valence-electron chi connectivity index (χ1n) is 9.21. The fraction of sp³-hybridized carbons (Fsp3) is 0.316. The predicted octanol–water partition coefficient (Wildman–Crippen LogP) is 2.15. The van der Waals surface area contributed by atoms with Crippen LogP contribution in [0.1, 0.15) is 23.2 Å². The van der Waals surface area contributed by atoms with Crippen LogP contribution in [-0.4, -0.2) is 56.7 Å². The maximum absolute atomic E-state index is 12.5. The van der Waals surface area contributed by atoms with Crippen LogP contribution < -0.4 is 5.32 Å². The summed E-state index contributed by atoms with van der Waals surface area (Å²) < 4.78 is 1.57. The number of hydrogen-bond acceptors (Lipinski definition) is 6. The van der Waals surface area contributed by atoms with E-state index in [9.17, 15) is 14.9 Å². The summed E-state index contributed by atoms with van der Waals surface area (Å²) >= 11 is 0. The van der Waals surface area contributed by atoms with Crippen molar-refractivity contribution in [1.82, 2.24) is 25.0 Å². The molecule has 0 radical (unpaired) electrons. The summed E-state index contributed by atoms with van der Waals surface area (Å²) in [6.45, 7) is 3.67. The average molecular weight is 380 g/mol. The minimum atomic E-state index is -0.497. The van der Waals surface area contributed by atoms with E-state index in [2.05, 4.69) is 20.3 Å². The summed E-state index contributed by atoms with van der Waals surface area (Å²) in [5.41, 5.74) is 1.17. The van der Waals surface area contributed by atoms with Gasteiger partial charge in [0, 0.05) is 30.1 Å². The monoisotopic (exact) mass is 380 g/mol. The van der Waals surface area contributed by atoms with E-state index >= 15 is 0 Å². The molecule has 28 heavy (non-hydrogen) atoms. The molecule has 9 nitrogen and oxygen atoms in total. The van der Waals surface area contributed by atoms with E-state index in [4.69, 9.17) is 0 Å². The van der Waals surface area contributed by atoms with E-state index in [1.165, 1.54) is 31.2 Å². The van der Waals surface area contributed by atoms with Crippen LogP contribution in [0.25, 0.3) is 16.7 Å². The topological polar surface area (TPSA) is 106 Å². The molecule has 1 aromatic carbocycles. The van der Waals surface area contributed by atoms with Crippen LogP contribution in [0, 0.1) is 10.1 Å². The molecule has 0 aliphatic carbocycles. The molecule has 0 saturated carbocycles. The summed E-state index contributed by atoms with van der Waals surface area (Å²) in [5.74, 6) is 0.317. The highest BCUT2D eigenvalue weighted by Gasteiger charge is 2.14. The van der Waals surface area contributed by atoms with Gasteiger partial charge in [-0.15, -0.1) is 0 Å². The van der Waals surface area contributed by atoms with Crippen molar-refractivity contribution in [3.63, 3.8) is 0 Å². The molecule has 2 aromatic heterocycles. The van der Waals surface area contributed by atoms with Gasteiger partial charge in [0.25, 0.3) is 11.6 Å². The highest BCUT2D eigenvalue weighted by Crippen LogP contribution is 2.20. The van der Waals surface area contributed by atoms with Gasteiger partial charge in [-0.05, 0) is 44.1 Å². The number of nitrogens with one attached hydrogen (secondary N) is 1. The number of pyridine rings is 1. The molecule has 0 bridgehead atoms. The average Bonchev–Trinajstić information content (AvgIpc) is 3.37. The van der Waals surface area contributed by atoms with E-state index in [1.54, 1.807) is 23.0 Å². The largest absolute Gasteiger partial charge is 0.351 e. The zero-order chi connectivity index (χ0) is 19.5. The van der Waals surface area contributed by atoms with Crippen molar-refractivity contribution in [2.24, 2.45) is 0 Å². The number of rotatable bonds is 6. The van der Waals surface area contributed by atoms with E-state index in [-0.39, 0.29) is 11.6 Å². The van der Waals surface area contributed by atoms with Gasteiger partial charge < -0.3 is 10.2 Å². The van der Waals surface area contributed by atoms with Gasteiger partial charge in [-0.25, -0.2) is 9.67 Å². The third-order valence-electron chi connectivity index (χ3n) is 4.91. The standard InChI is InChI=1S/C19H20N6O3/c26-19(20-7-10-23-8-1-2-9-23)14-3-4-15-12-22-24(17(15)11-14)18-6-5-16(13-21-18)25(27)28/h3-6,11-13H,1-2,7-10H2,(H,20,26). The van der Waals surface area contributed by atoms with Crippen LogP contribution >= 0.6 is 0 Å². The lowest BCUT2D eigenvalue weighted by molar-refractivity contribution is -0.385. The second-order valence-corrected chi connectivity index (χ2v) is 6.77. The Morgan fingerprint density at radius 3 is 2.71 bits per heavy atom. The van der Waals surface area contributed by atoms with E-state index in [0.717, 1.165) is 25.0 Å². The smallest absolute Gasteiger partial charge is 0.287 e. The van der Waals surface area contributed by atoms with Crippen LogP contribution in [0.2, 0.25) is 0 Å². The molecule has 3 heterocycles. The van der Waals surface area contributed by atoms with Crippen molar-refractivity contribution < 1.29 is 9.72 Å². The molecule has 4 rings (SSSR count). The number of amides is 1. The fourth-order valence-corrected chi connectivity index (χ4v) is 3.39. The summed E-state index contributed by atoms with van der Waals surface area (Å²) in [7, 11) is 0. The third kappa shape index (κ3) is 3.70. The molecule has 1 aliphatic heterocycles. The minimum Gasteiger partial charge on any atom is -0.351 e. The summed E-state index contributed by atoms with van der Waals surface area (Å²) in [5, 5.41) is 18.9. The van der Waals surface area contributed by atoms with Crippen molar-refractivity contribution >= 4 is 22.5 Å². The van der Waals surface area contributed by atoms with Crippen molar-refractivity contribution in [2.75, 3.05) is 26.2 Å². The SMILES string of the molecule is O=C(NCCN1CCCC1)c1ccc2cnn(-c3ccc([N+](=O)[O-])cn3)c2c1. The number of benzene rings is 1. The number of carbonyl (C=O) groups is 1. The van der Waals surface area contributed by atoms with Gasteiger partial charge in [0.2, 0.25) is 0 Å². The van der Waals surface area contributed by atoms with Gasteiger partial charge in [0.1, 0.15) is 6.20 Å². The molecular weight excluding hydrogens is 360 g/mol. The first kappa shape index (κ1) is 18.1. The van der Waals surface area contributed by atoms with Gasteiger partial charge >= 0.3 is 0 Å². The molecule has 1 N–H and O–H groups in total. The summed E-state index contributed by atoms with van der Waals surface area (Å²) in [4.78, 5) is 29.3. The molecule has 0 spiro atoms. The molecule has 1 fully saturated rings. The highest BCUT2D eigenvalue weighted by atomic mass is 16.6. The Balaban J connectivity index is 1.52. The van der Waals surface area contributed by atoms with Gasteiger partial charge in [-0.2, -0.15) is 5.10 Å². The molecule has 1 aliphatic rings. The molecule has 1 amide bonds. The number of fused-ring (bicyclic) bond motifs is 1. The van der Waals surface area contributed by atoms with Crippen molar-refractivity contribution in [1.29, 1.82) is 0 Å². The number of likely N-dealkylation sites (tertiary alicyclic amines) is 1. The lowest BCUT2D eigenvalue weighted by atomic mass is 10.1. The molecular formula is C19H20N6O3. The number of nitro groups is 1. The predicted molar refractivity (Wildman–Crippen MR) is 104 cm³/mol. The van der Waals surface area contributed by atoms with Crippen molar-refractivity contribution in [3.05, 3.63) is 58.4 Å². The summed E-state index contributed by atoms with van der Waals surface area (Å²) in [6.07, 6.45) is 5.32. The van der Waals surface area contributed by atoms with Gasteiger partial charge in [0.05, 0.1) is 16.6 Å². The molecule has 144 valence electrons. The maximum atomic E-state index is 12.5. The van der Waals surface area contributed by atoms with Crippen molar-refractivity contribution in [3.8, 4) is 5.82 Å². The normalized spacial score (nSPS) is 14.4. The quantitative estimate of drug-likeness (QED) is 0.519. The first-order valence-corrected chi connectivity index (χ1v) is 9.21. The van der Waals surface area contributed by atoms with E-state index in [0.29, 0.717) is 23.4 Å². The van der Waals surface area contributed by atoms with Gasteiger partial charge in [-0.1, -0.05) is 6.07 Å². The van der Waals surface area contributed by atoms with Crippen LogP contribution in [-0.2, 0) is 0 Å². The maximum Gasteiger partial charge on any atom is 0.287 e. The Bertz CT molecular complexity index is 1010. The summed E-state index contributed by atoms with van der Waals surface area (Å²) in [6, 6.07) is 8.27. The number of hydrogen-bond donors (Lipinski definition) is 1. The Morgan fingerprint density at radius 1 is 1.18 bits per heavy atom. The van der Waals surface area contributed by atoms with Gasteiger partial charge in [0.15, 0.2) is 5.82 Å². The van der Waals surface area contributed by atoms with Crippen LogP contribution in [0.15, 0.2) is 42.7 Å². The molecule has 0 unspecified atom stereocenters. The molecule has 3 aromatic rings. The zero-order valence-electron chi connectivity index (χ0n) is 15.2. The zero-order valence-corrected chi connectivity index (χ0v) is 15.2. The Labute approximate surface area is 161 Å². The highest BCUT2D eigenvalue weighted by molar-refractivity contribution is 5.98. The molecule has 9 heteroatoms. The van der Waals surface area contributed by atoms with Crippen molar-refractivity contribution in [2.45, 2.75) is 12.8 Å². The minimum absolute atomic E-state index is 0.0849. The first-order chi connectivity index (χ1) is 13.6.